The molecule has 1 saturated heterocycles. The first kappa shape index (κ1) is 12.6. The maximum atomic E-state index is 11.9. The largest absolute Gasteiger partial charge is 0.282 e. The molecule has 1 aliphatic rings. The minimum atomic E-state index is -0.508. The molecule has 0 radical (unpaired) electrons. The highest BCUT2D eigenvalue weighted by Crippen LogP contribution is 2.32. The Morgan fingerprint density at radius 1 is 1.47 bits per heavy atom. The first-order valence-electron chi connectivity index (χ1n) is 5.38. The van der Waals surface area contributed by atoms with Crippen molar-refractivity contribution in [2.24, 2.45) is 11.3 Å². The smallest absolute Gasteiger partial charge is 0.235 e. The molecule has 1 heterocycles. The van der Waals surface area contributed by atoms with Gasteiger partial charge in [0, 0.05) is 13.0 Å². The lowest BCUT2D eigenvalue weighted by atomic mass is 9.92. The van der Waals surface area contributed by atoms with Gasteiger partial charge in [-0.15, -0.1) is 0 Å². The fourth-order valence-electron chi connectivity index (χ4n) is 1.79. The second-order valence-electron chi connectivity index (χ2n) is 4.83. The number of thiol groups is 1. The van der Waals surface area contributed by atoms with E-state index in [9.17, 15) is 9.59 Å². The van der Waals surface area contributed by atoms with Crippen LogP contribution in [-0.2, 0) is 9.59 Å². The maximum absolute atomic E-state index is 11.9. The van der Waals surface area contributed by atoms with Crippen molar-refractivity contribution in [1.82, 2.24) is 4.90 Å². The molecule has 0 aromatic rings. The third-order valence-corrected chi connectivity index (χ3v) is 3.51. The van der Waals surface area contributed by atoms with Crippen molar-refractivity contribution in [2.45, 2.75) is 33.6 Å². The normalized spacial score (nSPS) is 22.3. The van der Waals surface area contributed by atoms with Gasteiger partial charge in [-0.25, -0.2) is 0 Å². The second kappa shape index (κ2) is 4.56. The van der Waals surface area contributed by atoms with Crippen LogP contribution in [-0.4, -0.2) is 29.0 Å². The van der Waals surface area contributed by atoms with Crippen molar-refractivity contribution in [3.05, 3.63) is 0 Å². The highest BCUT2D eigenvalue weighted by atomic mass is 32.1. The average molecular weight is 229 g/mol. The Hall–Kier alpha value is -0.510. The third kappa shape index (κ3) is 2.54. The number of nitrogens with zero attached hydrogens (tertiary/aromatic N) is 1. The molecule has 1 aliphatic heterocycles. The van der Waals surface area contributed by atoms with Gasteiger partial charge in [0.15, 0.2) is 0 Å². The van der Waals surface area contributed by atoms with Crippen LogP contribution in [0.25, 0.3) is 0 Å². The molecular formula is C11H19NO2S. The zero-order valence-electron chi connectivity index (χ0n) is 9.62. The molecular weight excluding hydrogens is 210 g/mol. The Labute approximate surface area is 96.6 Å². The standard InChI is InChI=1S/C11H19NO2S/c1-4-8(7-15)6-12-9(13)5-11(2,3)10(12)14/h8,15H,4-7H2,1-3H3. The molecule has 0 bridgehead atoms. The van der Waals surface area contributed by atoms with Crippen molar-refractivity contribution in [1.29, 1.82) is 0 Å². The van der Waals surface area contributed by atoms with Crippen LogP contribution in [0.1, 0.15) is 33.6 Å². The van der Waals surface area contributed by atoms with Crippen LogP contribution in [0.3, 0.4) is 0 Å². The van der Waals surface area contributed by atoms with E-state index in [-0.39, 0.29) is 11.8 Å². The molecule has 86 valence electrons. The van der Waals surface area contributed by atoms with E-state index in [2.05, 4.69) is 19.6 Å². The highest BCUT2D eigenvalue weighted by molar-refractivity contribution is 7.80. The van der Waals surface area contributed by atoms with Crippen LogP contribution in [0.5, 0.6) is 0 Å². The number of hydrogen-bond donors (Lipinski definition) is 1. The lowest BCUT2D eigenvalue weighted by Crippen LogP contribution is -2.37. The first-order valence-corrected chi connectivity index (χ1v) is 6.01. The minimum Gasteiger partial charge on any atom is -0.282 e. The van der Waals surface area contributed by atoms with Gasteiger partial charge in [0.25, 0.3) is 0 Å². The number of rotatable bonds is 4. The van der Waals surface area contributed by atoms with Crippen molar-refractivity contribution in [3.63, 3.8) is 0 Å². The summed E-state index contributed by atoms with van der Waals surface area (Å²) in [5.41, 5.74) is -0.508. The van der Waals surface area contributed by atoms with Gasteiger partial charge in [-0.05, 0) is 11.7 Å². The predicted octanol–water partition coefficient (Wildman–Crippen LogP) is 1.73. The third-order valence-electron chi connectivity index (χ3n) is 2.99. The lowest BCUT2D eigenvalue weighted by Gasteiger charge is -2.21. The van der Waals surface area contributed by atoms with Gasteiger partial charge in [-0.3, -0.25) is 14.5 Å². The van der Waals surface area contributed by atoms with Crippen LogP contribution in [0.2, 0.25) is 0 Å². The summed E-state index contributed by atoms with van der Waals surface area (Å²) in [5, 5.41) is 0. The lowest BCUT2D eigenvalue weighted by molar-refractivity contribution is -0.141. The topological polar surface area (TPSA) is 37.4 Å². The number of amides is 2. The summed E-state index contributed by atoms with van der Waals surface area (Å²) < 4.78 is 0. The fraction of sp³-hybridized carbons (Fsp3) is 0.818. The van der Waals surface area contributed by atoms with E-state index in [0.29, 0.717) is 24.6 Å². The van der Waals surface area contributed by atoms with Crippen LogP contribution in [0, 0.1) is 11.3 Å². The Morgan fingerprint density at radius 2 is 2.07 bits per heavy atom. The summed E-state index contributed by atoms with van der Waals surface area (Å²) in [6.45, 7) is 6.24. The van der Waals surface area contributed by atoms with E-state index in [1.54, 1.807) is 0 Å². The molecule has 0 aliphatic carbocycles. The molecule has 15 heavy (non-hydrogen) atoms. The van der Waals surface area contributed by atoms with Gasteiger partial charge in [0.2, 0.25) is 11.8 Å². The summed E-state index contributed by atoms with van der Waals surface area (Å²) in [5.74, 6) is 0.960. The zero-order valence-corrected chi connectivity index (χ0v) is 10.5. The molecule has 3 nitrogen and oxygen atoms in total. The van der Waals surface area contributed by atoms with Crippen LogP contribution in [0.4, 0.5) is 0 Å². The van der Waals surface area contributed by atoms with Crippen molar-refractivity contribution in [2.75, 3.05) is 12.3 Å². The Morgan fingerprint density at radius 3 is 2.40 bits per heavy atom. The van der Waals surface area contributed by atoms with E-state index in [4.69, 9.17) is 0 Å². The summed E-state index contributed by atoms with van der Waals surface area (Å²) in [4.78, 5) is 24.9. The van der Waals surface area contributed by atoms with Crippen molar-refractivity contribution < 1.29 is 9.59 Å². The maximum Gasteiger partial charge on any atom is 0.235 e. The molecule has 1 rings (SSSR count). The van der Waals surface area contributed by atoms with E-state index in [1.165, 1.54) is 4.90 Å². The number of imide groups is 1. The second-order valence-corrected chi connectivity index (χ2v) is 5.19. The van der Waals surface area contributed by atoms with Gasteiger partial charge in [0.1, 0.15) is 0 Å². The number of likely N-dealkylation sites (tertiary alicyclic amines) is 1. The molecule has 1 unspecified atom stereocenters. The van der Waals surface area contributed by atoms with E-state index in [1.807, 2.05) is 13.8 Å². The molecule has 0 aromatic heterocycles. The number of carbonyl (C=O) groups excluding carboxylic acids is 2. The zero-order chi connectivity index (χ0) is 11.6. The first-order chi connectivity index (χ1) is 6.92. The molecule has 0 spiro atoms. The van der Waals surface area contributed by atoms with Gasteiger partial charge in [0.05, 0.1) is 5.41 Å². The van der Waals surface area contributed by atoms with Crippen LogP contribution in [0.15, 0.2) is 0 Å². The van der Waals surface area contributed by atoms with Gasteiger partial charge < -0.3 is 0 Å². The molecule has 1 fully saturated rings. The predicted molar refractivity (Wildman–Crippen MR) is 62.8 cm³/mol. The molecule has 1 atom stereocenters. The van der Waals surface area contributed by atoms with E-state index >= 15 is 0 Å². The highest BCUT2D eigenvalue weighted by Gasteiger charge is 2.44. The summed E-state index contributed by atoms with van der Waals surface area (Å²) in [7, 11) is 0. The Bertz CT molecular complexity index is 272. The summed E-state index contributed by atoms with van der Waals surface area (Å²) in [6.07, 6.45) is 1.29. The van der Waals surface area contributed by atoms with Gasteiger partial charge >= 0.3 is 0 Å². The summed E-state index contributed by atoms with van der Waals surface area (Å²) >= 11 is 4.22. The molecule has 0 aromatic carbocycles. The Balaban J connectivity index is 2.71. The molecule has 2 amide bonds. The quantitative estimate of drug-likeness (QED) is 0.589. The molecule has 0 N–H and O–H groups in total. The van der Waals surface area contributed by atoms with Crippen LogP contribution >= 0.6 is 12.6 Å². The van der Waals surface area contributed by atoms with Gasteiger partial charge in [-0.2, -0.15) is 12.6 Å². The van der Waals surface area contributed by atoms with E-state index < -0.39 is 5.41 Å². The van der Waals surface area contributed by atoms with Crippen molar-refractivity contribution >= 4 is 24.4 Å². The average Bonchev–Trinajstić information content (AvgIpc) is 2.35. The fourth-order valence-corrected chi connectivity index (χ4v) is 2.16. The Kier molecular flexibility index (Phi) is 3.82. The molecule has 0 saturated carbocycles. The van der Waals surface area contributed by atoms with Crippen LogP contribution < -0.4 is 0 Å². The minimum absolute atomic E-state index is 0.0345. The van der Waals surface area contributed by atoms with E-state index in [0.717, 1.165) is 6.42 Å². The van der Waals surface area contributed by atoms with Crippen molar-refractivity contribution in [3.8, 4) is 0 Å². The SMILES string of the molecule is CCC(CS)CN1C(=O)CC(C)(C)C1=O. The monoisotopic (exact) mass is 229 g/mol. The molecule has 4 heteroatoms. The number of hydrogen-bond acceptors (Lipinski definition) is 3. The van der Waals surface area contributed by atoms with Gasteiger partial charge in [-0.1, -0.05) is 27.2 Å². The number of carbonyl (C=O) groups is 2. The summed E-state index contributed by atoms with van der Waals surface area (Å²) in [6, 6.07) is 0.